The number of aryl methyl sites for hydroxylation is 3. The fourth-order valence-electron chi connectivity index (χ4n) is 8.98. The Balaban J connectivity index is 1.41. The predicted molar refractivity (Wildman–Crippen MR) is 215 cm³/mol. The molecule has 2 aromatic carbocycles. The number of allylic oxidation sites excluding steroid dienone is 1. The van der Waals surface area contributed by atoms with Crippen molar-refractivity contribution in [2.45, 2.75) is 111 Å². The summed E-state index contributed by atoms with van der Waals surface area (Å²) in [6.07, 6.45) is 7.67. The number of hydrogen-bond donors (Lipinski definition) is 0. The lowest BCUT2D eigenvalue weighted by Crippen LogP contribution is -2.54. The number of rotatable bonds is 2. The van der Waals surface area contributed by atoms with Crippen LogP contribution in [-0.2, 0) is 11.8 Å². The summed E-state index contributed by atoms with van der Waals surface area (Å²) in [6, 6.07) is 23.4. The van der Waals surface area contributed by atoms with Gasteiger partial charge in [0.15, 0.2) is 29.7 Å². The minimum atomic E-state index is -1.65. The van der Waals surface area contributed by atoms with Gasteiger partial charge in [0.1, 0.15) is 0 Å². The standard InChI is InChI=1S/C46H53N3OSi/c1-27(2)37-25-39-34-15-13-12-14-33(34)35-19-17-31-22-28(3)42-36-18-16-29(4)47-45(36)50-44(42)43(31)40-24-32(46(6,7)8)20-21-48(40)30(5)23-38(35)49(39)26-41(37)51(9,10)11/h12-16,18,20-22,24-27,35,38H,5,17,19,23H2,1-4,6-11H3/q+2. The fourth-order valence-corrected chi connectivity index (χ4v) is 10.7. The van der Waals surface area contributed by atoms with Crippen LogP contribution in [0.1, 0.15) is 98.8 Å². The topological polar surface area (TPSA) is 33.8 Å². The molecule has 0 saturated heterocycles. The van der Waals surface area contributed by atoms with Crippen molar-refractivity contribution in [2.24, 2.45) is 0 Å². The quantitative estimate of drug-likeness (QED) is 0.134. The average Bonchev–Trinajstić information content (AvgIpc) is 3.45. The number of fused-ring (bicyclic) bond motifs is 13. The Morgan fingerprint density at radius 1 is 0.961 bits per heavy atom. The van der Waals surface area contributed by atoms with Crippen LogP contribution in [0.4, 0.5) is 0 Å². The molecule has 2 unspecified atom stereocenters. The van der Waals surface area contributed by atoms with Crippen molar-refractivity contribution >= 4 is 41.0 Å². The van der Waals surface area contributed by atoms with Gasteiger partial charge in [0.05, 0.1) is 20.1 Å². The second-order valence-electron chi connectivity index (χ2n) is 17.7. The number of benzene rings is 2. The molecule has 8 rings (SSSR count). The SMILES string of the molecule is C=C1CC2C(CCc3cc(C)c4c(oc5nc(C)ccc54)c3-c3cc(C(C)(C)C)cc[n+]31)c1ccccc1-c1cc(C(C)C)c([Si](C)(C)C)c[n+]12. The second kappa shape index (κ2) is 11.8. The van der Waals surface area contributed by atoms with Crippen molar-refractivity contribution < 1.29 is 13.6 Å². The lowest BCUT2D eigenvalue weighted by Gasteiger charge is -2.33. The van der Waals surface area contributed by atoms with Gasteiger partial charge in [0.2, 0.25) is 17.1 Å². The van der Waals surface area contributed by atoms with Crippen molar-refractivity contribution in [3.8, 4) is 22.5 Å². The van der Waals surface area contributed by atoms with E-state index >= 15 is 0 Å². The Kier molecular flexibility index (Phi) is 7.84. The average molecular weight is 692 g/mol. The Hall–Kier alpha value is -4.35. The predicted octanol–water partition coefficient (Wildman–Crippen LogP) is 10.6. The van der Waals surface area contributed by atoms with Crippen LogP contribution < -0.4 is 14.3 Å². The van der Waals surface area contributed by atoms with Crippen molar-refractivity contribution in [1.29, 1.82) is 0 Å². The Labute approximate surface area is 304 Å². The molecule has 0 bridgehead atoms. The molecule has 260 valence electrons. The van der Waals surface area contributed by atoms with Crippen LogP contribution in [0.15, 0.2) is 84.1 Å². The molecule has 4 nitrogen and oxygen atoms in total. The molecule has 2 aliphatic rings. The maximum Gasteiger partial charge on any atom is 0.227 e. The molecule has 51 heavy (non-hydrogen) atoms. The van der Waals surface area contributed by atoms with Crippen LogP contribution >= 0.6 is 0 Å². The molecular formula is C46H53N3OSi+2. The summed E-state index contributed by atoms with van der Waals surface area (Å²) in [6.45, 7) is 28.3. The van der Waals surface area contributed by atoms with E-state index in [1.54, 1.807) is 5.19 Å². The van der Waals surface area contributed by atoms with E-state index in [0.717, 1.165) is 52.7 Å². The Bertz CT molecular complexity index is 2400. The van der Waals surface area contributed by atoms with E-state index < -0.39 is 8.07 Å². The fraction of sp³-hybridized carbons (Fsp3) is 0.370. The van der Waals surface area contributed by atoms with Crippen LogP contribution in [0.5, 0.6) is 0 Å². The third kappa shape index (κ3) is 5.51. The van der Waals surface area contributed by atoms with E-state index in [1.165, 1.54) is 44.6 Å². The van der Waals surface area contributed by atoms with E-state index in [2.05, 4.69) is 143 Å². The number of hydrogen-bond acceptors (Lipinski definition) is 2. The van der Waals surface area contributed by atoms with Crippen molar-refractivity contribution in [3.05, 3.63) is 113 Å². The summed E-state index contributed by atoms with van der Waals surface area (Å²) in [7, 11) is -1.65. The highest BCUT2D eigenvalue weighted by molar-refractivity contribution is 6.89. The molecule has 2 aliphatic heterocycles. The van der Waals surface area contributed by atoms with E-state index in [1.807, 2.05) is 6.92 Å². The molecule has 0 saturated carbocycles. The zero-order chi connectivity index (χ0) is 36.1. The number of nitrogens with zero attached hydrogens (tertiary/aromatic N) is 3. The second-order valence-corrected chi connectivity index (χ2v) is 22.7. The van der Waals surface area contributed by atoms with Crippen LogP contribution in [0.3, 0.4) is 0 Å². The molecule has 6 heterocycles. The first-order chi connectivity index (χ1) is 24.1. The highest BCUT2D eigenvalue weighted by Crippen LogP contribution is 2.46. The third-order valence-corrected chi connectivity index (χ3v) is 13.7. The van der Waals surface area contributed by atoms with E-state index in [4.69, 9.17) is 16.0 Å². The van der Waals surface area contributed by atoms with Gasteiger partial charge in [-0.15, -0.1) is 0 Å². The van der Waals surface area contributed by atoms with Gasteiger partial charge in [-0.3, -0.25) is 0 Å². The normalized spacial score (nSPS) is 17.6. The van der Waals surface area contributed by atoms with Gasteiger partial charge in [-0.2, -0.15) is 9.13 Å². The molecule has 0 fully saturated rings. The van der Waals surface area contributed by atoms with Crippen LogP contribution in [0, 0.1) is 13.8 Å². The maximum absolute atomic E-state index is 6.83. The summed E-state index contributed by atoms with van der Waals surface area (Å²) < 4.78 is 11.9. The molecule has 0 amide bonds. The molecule has 0 N–H and O–H groups in total. The minimum absolute atomic E-state index is 0.0168. The highest BCUT2D eigenvalue weighted by atomic mass is 28.3. The van der Waals surface area contributed by atoms with Gasteiger partial charge in [-0.25, -0.2) is 4.98 Å². The first kappa shape index (κ1) is 33.8. The van der Waals surface area contributed by atoms with Gasteiger partial charge in [-0.1, -0.05) is 78.5 Å². The molecule has 0 aliphatic carbocycles. The summed E-state index contributed by atoms with van der Waals surface area (Å²) >= 11 is 0. The van der Waals surface area contributed by atoms with Crippen LogP contribution in [0.2, 0.25) is 19.6 Å². The summed E-state index contributed by atoms with van der Waals surface area (Å²) in [5.74, 6) is 0.796. The summed E-state index contributed by atoms with van der Waals surface area (Å²) in [5, 5.41) is 3.82. The van der Waals surface area contributed by atoms with Crippen LogP contribution in [0.25, 0.3) is 50.3 Å². The first-order valence-corrected chi connectivity index (χ1v) is 22.4. The van der Waals surface area contributed by atoms with Gasteiger partial charge < -0.3 is 4.42 Å². The first-order valence-electron chi connectivity index (χ1n) is 18.9. The number of furan rings is 1. The molecular weight excluding hydrogens is 639 g/mol. The smallest absolute Gasteiger partial charge is 0.227 e. The molecule has 5 heteroatoms. The minimum Gasteiger partial charge on any atom is -0.437 e. The number of aromatic nitrogens is 3. The molecule has 0 spiro atoms. The Morgan fingerprint density at radius 2 is 1.73 bits per heavy atom. The lowest BCUT2D eigenvalue weighted by molar-refractivity contribution is -0.719. The maximum atomic E-state index is 6.83. The van der Waals surface area contributed by atoms with Crippen molar-refractivity contribution in [2.75, 3.05) is 0 Å². The van der Waals surface area contributed by atoms with E-state index in [-0.39, 0.29) is 11.5 Å². The van der Waals surface area contributed by atoms with E-state index in [0.29, 0.717) is 17.5 Å². The number of pyridine rings is 3. The zero-order valence-corrected chi connectivity index (χ0v) is 33.2. The largest absolute Gasteiger partial charge is 0.437 e. The zero-order valence-electron chi connectivity index (χ0n) is 32.2. The van der Waals surface area contributed by atoms with Crippen molar-refractivity contribution in [1.82, 2.24) is 4.98 Å². The van der Waals surface area contributed by atoms with Crippen molar-refractivity contribution in [3.63, 3.8) is 0 Å². The van der Waals surface area contributed by atoms with Gasteiger partial charge in [-0.05, 0) is 90.6 Å². The van der Waals surface area contributed by atoms with Crippen LogP contribution in [-0.4, -0.2) is 13.1 Å². The monoisotopic (exact) mass is 691 g/mol. The van der Waals surface area contributed by atoms with Gasteiger partial charge in [0, 0.05) is 51.3 Å². The highest BCUT2D eigenvalue weighted by Gasteiger charge is 2.44. The molecule has 4 aromatic heterocycles. The summed E-state index contributed by atoms with van der Waals surface area (Å²) in [5.41, 5.74) is 15.6. The molecule has 2 atom stereocenters. The van der Waals surface area contributed by atoms with E-state index in [9.17, 15) is 0 Å². The Morgan fingerprint density at radius 3 is 2.45 bits per heavy atom. The molecule has 0 radical (unpaired) electrons. The third-order valence-electron chi connectivity index (χ3n) is 11.7. The molecule has 6 aromatic rings. The summed E-state index contributed by atoms with van der Waals surface area (Å²) in [4.78, 5) is 4.86. The lowest BCUT2D eigenvalue weighted by atomic mass is 9.76. The van der Waals surface area contributed by atoms with Gasteiger partial charge >= 0.3 is 0 Å². The van der Waals surface area contributed by atoms with Gasteiger partial charge in [0.25, 0.3) is 0 Å².